The van der Waals surface area contributed by atoms with E-state index in [1.54, 1.807) is 36.4 Å². The topological polar surface area (TPSA) is 85.2 Å². The number of rotatable bonds is 8. The van der Waals surface area contributed by atoms with Crippen LogP contribution in [0.15, 0.2) is 90.0 Å². The van der Waals surface area contributed by atoms with Gasteiger partial charge < -0.3 is 5.11 Å². The van der Waals surface area contributed by atoms with Gasteiger partial charge in [-0.15, -0.1) is 0 Å². The Morgan fingerprint density at radius 1 is 0.970 bits per heavy atom. The molecular formula is C27H31N3O3. The molecule has 1 unspecified atom stereocenters. The second-order valence-corrected chi connectivity index (χ2v) is 8.72. The lowest BCUT2D eigenvalue weighted by molar-refractivity contribution is 0.0442. The number of carbonyl (C=O) groups is 1. The standard InChI is InChI=1S/C27H31N3O3/c1-20(2)19-27(3,23-12-8-5-9-13-23)30(26(32)22-10-6-4-7-11-22)28-25(29-33)18-21-14-16-24(31)17-15-21/h4-17,20,31,33H,18-19H2,1-3H3,(H,28,29). The van der Waals surface area contributed by atoms with Crippen molar-refractivity contribution in [2.24, 2.45) is 11.0 Å². The first-order valence-corrected chi connectivity index (χ1v) is 11.0. The molecule has 1 atom stereocenters. The van der Waals surface area contributed by atoms with Crippen LogP contribution in [-0.4, -0.2) is 27.1 Å². The van der Waals surface area contributed by atoms with Crippen molar-refractivity contribution in [2.45, 2.75) is 39.2 Å². The van der Waals surface area contributed by atoms with Gasteiger partial charge in [0.15, 0.2) is 5.84 Å². The number of amides is 1. The lowest BCUT2D eigenvalue weighted by atomic mass is 9.83. The number of amidine groups is 1. The second kappa shape index (κ2) is 10.8. The molecule has 0 fully saturated rings. The zero-order valence-electron chi connectivity index (χ0n) is 19.3. The van der Waals surface area contributed by atoms with E-state index < -0.39 is 5.54 Å². The van der Waals surface area contributed by atoms with Crippen molar-refractivity contribution in [3.63, 3.8) is 0 Å². The largest absolute Gasteiger partial charge is 0.508 e. The number of hydrazone groups is 1. The molecule has 0 saturated carbocycles. The minimum absolute atomic E-state index is 0.156. The summed E-state index contributed by atoms with van der Waals surface area (Å²) in [6.45, 7) is 6.22. The first kappa shape index (κ1) is 24.0. The van der Waals surface area contributed by atoms with Crippen molar-refractivity contribution in [3.05, 3.63) is 102 Å². The van der Waals surface area contributed by atoms with E-state index in [4.69, 9.17) is 0 Å². The Bertz CT molecular complexity index is 1070. The average Bonchev–Trinajstić information content (AvgIpc) is 2.83. The van der Waals surface area contributed by atoms with Crippen LogP contribution >= 0.6 is 0 Å². The van der Waals surface area contributed by atoms with Gasteiger partial charge in [0.2, 0.25) is 0 Å². The molecule has 0 aliphatic carbocycles. The van der Waals surface area contributed by atoms with Gasteiger partial charge in [0.1, 0.15) is 5.75 Å². The summed E-state index contributed by atoms with van der Waals surface area (Å²) in [5.41, 5.74) is 3.69. The van der Waals surface area contributed by atoms with Crippen molar-refractivity contribution >= 4 is 11.7 Å². The second-order valence-electron chi connectivity index (χ2n) is 8.72. The number of nitrogens with zero attached hydrogens (tertiary/aromatic N) is 2. The van der Waals surface area contributed by atoms with Gasteiger partial charge in [-0.1, -0.05) is 74.5 Å². The molecule has 3 aromatic carbocycles. The maximum absolute atomic E-state index is 13.8. The van der Waals surface area contributed by atoms with Gasteiger partial charge in [-0.2, -0.15) is 5.10 Å². The van der Waals surface area contributed by atoms with Crippen LogP contribution in [-0.2, 0) is 12.0 Å². The highest BCUT2D eigenvalue weighted by atomic mass is 16.5. The van der Waals surface area contributed by atoms with Crippen LogP contribution in [0.5, 0.6) is 5.75 Å². The summed E-state index contributed by atoms with van der Waals surface area (Å²) in [6, 6.07) is 25.5. The quantitative estimate of drug-likeness (QED) is 0.248. The van der Waals surface area contributed by atoms with Gasteiger partial charge in [-0.3, -0.25) is 15.5 Å². The van der Waals surface area contributed by atoms with E-state index in [1.165, 1.54) is 5.01 Å². The maximum Gasteiger partial charge on any atom is 0.274 e. The van der Waals surface area contributed by atoms with Crippen molar-refractivity contribution in [2.75, 3.05) is 0 Å². The molecule has 6 heteroatoms. The predicted octanol–water partition coefficient (Wildman–Crippen LogP) is 5.33. The minimum Gasteiger partial charge on any atom is -0.508 e. The van der Waals surface area contributed by atoms with E-state index in [0.29, 0.717) is 12.0 Å². The van der Waals surface area contributed by atoms with Gasteiger partial charge in [0.05, 0.1) is 5.54 Å². The molecule has 0 radical (unpaired) electrons. The summed E-state index contributed by atoms with van der Waals surface area (Å²) in [5.74, 6) is 0.389. The molecule has 33 heavy (non-hydrogen) atoms. The Kier molecular flexibility index (Phi) is 7.85. The molecule has 3 rings (SSSR count). The molecule has 172 valence electrons. The van der Waals surface area contributed by atoms with E-state index in [1.807, 2.05) is 55.5 Å². The van der Waals surface area contributed by atoms with Gasteiger partial charge >= 0.3 is 0 Å². The normalized spacial score (nSPS) is 13.4. The molecule has 3 N–H and O–H groups in total. The molecule has 6 nitrogen and oxygen atoms in total. The average molecular weight is 446 g/mol. The predicted molar refractivity (Wildman–Crippen MR) is 130 cm³/mol. The molecule has 0 bridgehead atoms. The molecule has 0 spiro atoms. The maximum atomic E-state index is 13.8. The highest BCUT2D eigenvalue weighted by Crippen LogP contribution is 2.36. The SMILES string of the molecule is CC(C)CC(C)(c1ccccc1)N(N=C(Cc1ccc(O)cc1)NO)C(=O)c1ccccc1. The lowest BCUT2D eigenvalue weighted by Crippen LogP contribution is -2.46. The van der Waals surface area contributed by atoms with Crippen LogP contribution in [0.1, 0.15) is 48.7 Å². The van der Waals surface area contributed by atoms with Crippen molar-refractivity contribution in [1.29, 1.82) is 0 Å². The first-order valence-electron chi connectivity index (χ1n) is 11.0. The fourth-order valence-electron chi connectivity index (χ4n) is 4.03. The smallest absolute Gasteiger partial charge is 0.274 e. The number of phenols is 1. The van der Waals surface area contributed by atoms with Crippen LogP contribution in [0.3, 0.4) is 0 Å². The fraction of sp³-hybridized carbons (Fsp3) is 0.259. The highest BCUT2D eigenvalue weighted by molar-refractivity contribution is 5.96. The molecular weight excluding hydrogens is 414 g/mol. The van der Waals surface area contributed by atoms with E-state index in [9.17, 15) is 15.1 Å². The van der Waals surface area contributed by atoms with Crippen molar-refractivity contribution in [3.8, 4) is 5.75 Å². The zero-order chi connectivity index (χ0) is 23.8. The molecule has 3 aromatic rings. The number of phenolic OH excluding ortho intramolecular Hbond substituents is 1. The number of hydroxylamine groups is 1. The van der Waals surface area contributed by atoms with Crippen LogP contribution in [0.2, 0.25) is 0 Å². The van der Waals surface area contributed by atoms with Crippen LogP contribution in [0.25, 0.3) is 0 Å². The summed E-state index contributed by atoms with van der Waals surface area (Å²) in [4.78, 5) is 13.8. The molecule has 0 aliphatic rings. The van der Waals surface area contributed by atoms with Gasteiger partial charge in [-0.05, 0) is 54.7 Å². The molecule has 0 aliphatic heterocycles. The third kappa shape index (κ3) is 5.99. The zero-order valence-corrected chi connectivity index (χ0v) is 19.3. The van der Waals surface area contributed by atoms with E-state index in [-0.39, 0.29) is 29.8 Å². The molecule has 0 aromatic heterocycles. The molecule has 1 amide bonds. The highest BCUT2D eigenvalue weighted by Gasteiger charge is 2.39. The summed E-state index contributed by atoms with van der Waals surface area (Å²) in [6.07, 6.45) is 0.916. The summed E-state index contributed by atoms with van der Waals surface area (Å²) < 4.78 is 0. The fourth-order valence-corrected chi connectivity index (χ4v) is 4.03. The van der Waals surface area contributed by atoms with Crippen LogP contribution in [0.4, 0.5) is 0 Å². The Morgan fingerprint density at radius 3 is 2.09 bits per heavy atom. The summed E-state index contributed by atoms with van der Waals surface area (Å²) >= 11 is 0. The third-order valence-electron chi connectivity index (χ3n) is 5.54. The number of hydrogen-bond acceptors (Lipinski definition) is 4. The van der Waals surface area contributed by atoms with Gasteiger partial charge in [0, 0.05) is 12.0 Å². The number of hydrogen-bond donors (Lipinski definition) is 3. The number of benzene rings is 3. The summed E-state index contributed by atoms with van der Waals surface area (Å²) in [7, 11) is 0. The van der Waals surface area contributed by atoms with E-state index in [0.717, 1.165) is 11.1 Å². The Hall–Kier alpha value is -3.64. The summed E-state index contributed by atoms with van der Waals surface area (Å²) in [5, 5.41) is 25.6. The van der Waals surface area contributed by atoms with Gasteiger partial charge in [0.25, 0.3) is 5.91 Å². The minimum atomic E-state index is -0.764. The van der Waals surface area contributed by atoms with Gasteiger partial charge in [-0.25, -0.2) is 5.01 Å². The Morgan fingerprint density at radius 2 is 1.55 bits per heavy atom. The number of carbonyl (C=O) groups excluding carboxylic acids is 1. The van der Waals surface area contributed by atoms with Crippen LogP contribution in [0, 0.1) is 5.92 Å². The molecule has 0 saturated heterocycles. The van der Waals surface area contributed by atoms with Crippen molar-refractivity contribution in [1.82, 2.24) is 10.5 Å². The van der Waals surface area contributed by atoms with E-state index >= 15 is 0 Å². The lowest BCUT2D eigenvalue weighted by Gasteiger charge is -2.40. The molecule has 0 heterocycles. The number of nitrogens with one attached hydrogen (secondary N) is 1. The van der Waals surface area contributed by atoms with Crippen LogP contribution < -0.4 is 5.48 Å². The first-order chi connectivity index (χ1) is 15.8. The monoisotopic (exact) mass is 445 g/mol. The third-order valence-corrected chi connectivity index (χ3v) is 5.54. The Balaban J connectivity index is 2.12. The Labute approximate surface area is 195 Å². The van der Waals surface area contributed by atoms with Crippen molar-refractivity contribution < 1.29 is 15.1 Å². The number of aromatic hydroxyl groups is 1. The van der Waals surface area contributed by atoms with E-state index in [2.05, 4.69) is 24.4 Å².